The summed E-state index contributed by atoms with van der Waals surface area (Å²) in [5.74, 6) is 0.225. The lowest BCUT2D eigenvalue weighted by atomic mass is 10.1. The number of hydrogen-bond acceptors (Lipinski definition) is 3. The quantitative estimate of drug-likeness (QED) is 0.582. The zero-order valence-corrected chi connectivity index (χ0v) is 16.3. The van der Waals surface area contributed by atoms with E-state index in [-0.39, 0.29) is 12.0 Å². The predicted molar refractivity (Wildman–Crippen MR) is 108 cm³/mol. The summed E-state index contributed by atoms with van der Waals surface area (Å²) in [4.78, 5) is 17.1. The Kier molecular flexibility index (Phi) is 6.41. The number of aliphatic imine (C=N–C) groups is 1. The van der Waals surface area contributed by atoms with Crippen LogP contribution in [0.3, 0.4) is 0 Å². The molecule has 0 spiro atoms. The lowest BCUT2D eigenvalue weighted by Crippen LogP contribution is -2.36. The third-order valence-electron chi connectivity index (χ3n) is 4.11. The van der Waals surface area contributed by atoms with Gasteiger partial charge in [0.25, 0.3) is 5.91 Å². The topological polar surface area (TPSA) is 62.7 Å². The number of aryl methyl sites for hydroxylation is 1. The first-order valence-corrected chi connectivity index (χ1v) is 9.46. The fourth-order valence-electron chi connectivity index (χ4n) is 2.68. The van der Waals surface area contributed by atoms with Crippen LogP contribution in [0.1, 0.15) is 28.8 Å². The average Bonchev–Trinajstić information content (AvgIpc) is 3.14. The van der Waals surface area contributed by atoms with Crippen molar-refractivity contribution < 1.29 is 9.53 Å². The zero-order valence-electron chi connectivity index (χ0n) is 14.7. The Morgan fingerprint density at radius 1 is 1.27 bits per heavy atom. The number of carbonyl (C=O) groups excluding carboxylic acids is 1. The number of amides is 1. The molecule has 0 unspecified atom stereocenters. The molecule has 1 atom stereocenters. The molecule has 3 rings (SSSR count). The van der Waals surface area contributed by atoms with Crippen LogP contribution in [0.15, 0.2) is 58.0 Å². The zero-order chi connectivity index (χ0) is 18.4. The number of anilines is 1. The summed E-state index contributed by atoms with van der Waals surface area (Å²) in [6.45, 7) is 3.29. The monoisotopic (exact) mass is 415 g/mol. The van der Waals surface area contributed by atoms with Crippen molar-refractivity contribution in [2.24, 2.45) is 4.99 Å². The second-order valence-electron chi connectivity index (χ2n) is 6.28. The lowest BCUT2D eigenvalue weighted by Gasteiger charge is -2.13. The molecular formula is C20H22BrN3O2. The molecule has 136 valence electrons. The first-order chi connectivity index (χ1) is 12.6. The second-order valence-corrected chi connectivity index (χ2v) is 7.20. The highest BCUT2D eigenvalue weighted by molar-refractivity contribution is 9.10. The van der Waals surface area contributed by atoms with Crippen molar-refractivity contribution >= 4 is 33.5 Å². The molecule has 0 aliphatic carbocycles. The summed E-state index contributed by atoms with van der Waals surface area (Å²) in [6.07, 6.45) is 2.18. The molecule has 1 saturated heterocycles. The molecule has 1 aliphatic rings. The van der Waals surface area contributed by atoms with Gasteiger partial charge in [0.05, 0.1) is 12.6 Å². The SMILES string of the molecule is Cc1ccc(C(=O)NC(=NC[C@@H]2CCCO2)Nc2cccc(Br)c2)cc1. The maximum atomic E-state index is 12.5. The molecule has 2 N–H and O–H groups in total. The van der Waals surface area contributed by atoms with E-state index in [9.17, 15) is 4.79 Å². The molecule has 0 bridgehead atoms. The molecule has 0 saturated carbocycles. The minimum Gasteiger partial charge on any atom is -0.376 e. The fourth-order valence-corrected chi connectivity index (χ4v) is 3.08. The van der Waals surface area contributed by atoms with Crippen LogP contribution in [0.2, 0.25) is 0 Å². The Morgan fingerprint density at radius 2 is 2.08 bits per heavy atom. The molecule has 2 aromatic carbocycles. The van der Waals surface area contributed by atoms with Gasteiger partial charge in [0.2, 0.25) is 5.96 Å². The van der Waals surface area contributed by atoms with E-state index in [1.54, 1.807) is 0 Å². The van der Waals surface area contributed by atoms with Crippen LogP contribution in [-0.4, -0.2) is 31.1 Å². The van der Waals surface area contributed by atoms with Gasteiger partial charge in [0.15, 0.2) is 0 Å². The van der Waals surface area contributed by atoms with E-state index in [4.69, 9.17) is 4.74 Å². The van der Waals surface area contributed by atoms with Gasteiger partial charge in [0.1, 0.15) is 0 Å². The first kappa shape index (κ1) is 18.6. The van der Waals surface area contributed by atoms with E-state index in [0.717, 1.165) is 35.2 Å². The Morgan fingerprint density at radius 3 is 2.77 bits per heavy atom. The number of rotatable bonds is 4. The summed E-state index contributed by atoms with van der Waals surface area (Å²) in [5, 5.41) is 6.06. The third kappa shape index (κ3) is 5.41. The first-order valence-electron chi connectivity index (χ1n) is 8.67. The summed E-state index contributed by atoms with van der Waals surface area (Å²) in [7, 11) is 0. The van der Waals surface area contributed by atoms with Crippen LogP contribution >= 0.6 is 15.9 Å². The van der Waals surface area contributed by atoms with Gasteiger partial charge in [0, 0.05) is 22.3 Å². The number of carbonyl (C=O) groups is 1. The van der Waals surface area contributed by atoms with Crippen LogP contribution < -0.4 is 10.6 Å². The van der Waals surface area contributed by atoms with E-state index in [1.165, 1.54) is 0 Å². The Balaban J connectivity index is 1.73. The average molecular weight is 416 g/mol. The lowest BCUT2D eigenvalue weighted by molar-refractivity contribution is 0.0975. The summed E-state index contributed by atoms with van der Waals surface area (Å²) in [6, 6.07) is 15.2. The molecule has 0 aromatic heterocycles. The molecule has 1 fully saturated rings. The molecule has 5 nitrogen and oxygen atoms in total. The molecular weight excluding hydrogens is 394 g/mol. The summed E-state index contributed by atoms with van der Waals surface area (Å²) < 4.78 is 6.57. The third-order valence-corrected chi connectivity index (χ3v) is 4.60. The van der Waals surface area contributed by atoms with Crippen molar-refractivity contribution in [3.63, 3.8) is 0 Å². The Labute approximate surface area is 162 Å². The number of guanidine groups is 1. The minimum absolute atomic E-state index is 0.116. The van der Waals surface area contributed by atoms with Gasteiger partial charge >= 0.3 is 0 Å². The predicted octanol–water partition coefficient (Wildman–Crippen LogP) is 4.13. The van der Waals surface area contributed by atoms with Crippen LogP contribution in [0.4, 0.5) is 5.69 Å². The number of hydrogen-bond donors (Lipinski definition) is 2. The highest BCUT2D eigenvalue weighted by atomic mass is 79.9. The van der Waals surface area contributed by atoms with Gasteiger partial charge in [-0.05, 0) is 50.1 Å². The van der Waals surface area contributed by atoms with Crippen molar-refractivity contribution in [3.8, 4) is 0 Å². The van der Waals surface area contributed by atoms with Crippen LogP contribution in [0.5, 0.6) is 0 Å². The van der Waals surface area contributed by atoms with E-state index in [2.05, 4.69) is 31.6 Å². The summed E-state index contributed by atoms with van der Waals surface area (Å²) >= 11 is 3.45. The van der Waals surface area contributed by atoms with Gasteiger partial charge in [-0.2, -0.15) is 0 Å². The van der Waals surface area contributed by atoms with Crippen LogP contribution in [-0.2, 0) is 4.74 Å². The van der Waals surface area contributed by atoms with E-state index in [0.29, 0.717) is 18.1 Å². The van der Waals surface area contributed by atoms with Gasteiger partial charge in [-0.25, -0.2) is 4.99 Å². The maximum Gasteiger partial charge on any atom is 0.257 e. The molecule has 6 heteroatoms. The normalized spacial score (nSPS) is 17.2. The van der Waals surface area contributed by atoms with E-state index >= 15 is 0 Å². The van der Waals surface area contributed by atoms with Gasteiger partial charge in [-0.15, -0.1) is 0 Å². The van der Waals surface area contributed by atoms with Crippen LogP contribution in [0.25, 0.3) is 0 Å². The molecule has 0 radical (unpaired) electrons. The standard InChI is InChI=1S/C20H22BrN3O2/c1-14-7-9-15(10-8-14)19(25)24-20(22-13-18-6-3-11-26-18)23-17-5-2-4-16(21)12-17/h2,4-5,7-10,12,18H,3,6,11,13H2,1H3,(H2,22,23,24,25)/t18-/m0/s1. The number of ether oxygens (including phenoxy) is 1. The molecule has 1 heterocycles. The van der Waals surface area contributed by atoms with Crippen molar-refractivity contribution in [2.75, 3.05) is 18.5 Å². The second kappa shape index (κ2) is 8.96. The van der Waals surface area contributed by atoms with Gasteiger partial charge in [-0.3, -0.25) is 10.1 Å². The van der Waals surface area contributed by atoms with Gasteiger partial charge < -0.3 is 10.1 Å². The van der Waals surface area contributed by atoms with E-state index in [1.807, 2.05) is 55.5 Å². The van der Waals surface area contributed by atoms with Crippen molar-refractivity contribution in [2.45, 2.75) is 25.9 Å². The van der Waals surface area contributed by atoms with Crippen molar-refractivity contribution in [1.29, 1.82) is 0 Å². The Hall–Kier alpha value is -2.18. The smallest absolute Gasteiger partial charge is 0.257 e. The van der Waals surface area contributed by atoms with Crippen molar-refractivity contribution in [1.82, 2.24) is 5.32 Å². The number of benzene rings is 2. The van der Waals surface area contributed by atoms with Crippen molar-refractivity contribution in [3.05, 3.63) is 64.1 Å². The molecule has 26 heavy (non-hydrogen) atoms. The Bertz CT molecular complexity index is 784. The summed E-state index contributed by atoms with van der Waals surface area (Å²) in [5.41, 5.74) is 2.55. The molecule has 1 amide bonds. The number of nitrogens with one attached hydrogen (secondary N) is 2. The van der Waals surface area contributed by atoms with E-state index < -0.39 is 0 Å². The molecule has 1 aliphatic heterocycles. The number of nitrogens with zero attached hydrogens (tertiary/aromatic N) is 1. The number of halogens is 1. The van der Waals surface area contributed by atoms with Gasteiger partial charge in [-0.1, -0.05) is 39.7 Å². The van der Waals surface area contributed by atoms with Crippen LogP contribution in [0, 0.1) is 6.92 Å². The molecule has 2 aromatic rings. The highest BCUT2D eigenvalue weighted by Gasteiger charge is 2.16. The maximum absolute atomic E-state index is 12.5. The minimum atomic E-state index is -0.196. The highest BCUT2D eigenvalue weighted by Crippen LogP contribution is 2.16. The largest absolute Gasteiger partial charge is 0.376 e. The fraction of sp³-hybridized carbons (Fsp3) is 0.300.